The zero-order valence-corrected chi connectivity index (χ0v) is 18.6. The Morgan fingerprint density at radius 3 is 2.12 bits per heavy atom. The van der Waals surface area contributed by atoms with Crippen LogP contribution in [0.1, 0.15) is 15.9 Å². The Balaban J connectivity index is 1.68. The maximum absolute atomic E-state index is 12.9. The smallest absolute Gasteiger partial charge is 0.416 e. The molecule has 0 radical (unpaired) electrons. The van der Waals surface area contributed by atoms with Crippen LogP contribution < -0.4 is 5.32 Å². The van der Waals surface area contributed by atoms with Gasteiger partial charge in [-0.25, -0.2) is 4.79 Å². The van der Waals surface area contributed by atoms with Crippen molar-refractivity contribution in [3.63, 3.8) is 0 Å². The fourth-order valence-electron chi connectivity index (χ4n) is 2.70. The summed E-state index contributed by atoms with van der Waals surface area (Å²) in [5, 5.41) is 2.84. The first-order valence-electron chi connectivity index (χ1n) is 10.6. The van der Waals surface area contributed by atoms with E-state index in [1.807, 2.05) is 0 Å². The van der Waals surface area contributed by atoms with Gasteiger partial charge in [-0.05, 0) is 30.3 Å². The first kappa shape index (κ1) is 27.2. The van der Waals surface area contributed by atoms with E-state index in [1.54, 1.807) is 18.2 Å². The molecule has 0 aliphatic heterocycles. The molecule has 2 aromatic carbocycles. The van der Waals surface area contributed by atoms with E-state index in [9.17, 15) is 18.0 Å². The minimum atomic E-state index is -4.46. The number of alkyl halides is 3. The maximum Gasteiger partial charge on any atom is 0.416 e. The minimum Gasteiger partial charge on any atom is -0.499 e. The Bertz CT molecular complexity index is 891. The van der Waals surface area contributed by atoms with Crippen molar-refractivity contribution in [2.45, 2.75) is 6.18 Å². The Morgan fingerprint density at radius 2 is 1.47 bits per heavy atom. The lowest BCUT2D eigenvalue weighted by molar-refractivity contribution is -0.137. The molecule has 0 bridgehead atoms. The van der Waals surface area contributed by atoms with Crippen LogP contribution in [-0.2, 0) is 29.9 Å². The van der Waals surface area contributed by atoms with E-state index < -0.39 is 17.7 Å². The Labute approximate surface area is 196 Å². The highest BCUT2D eigenvalue weighted by molar-refractivity contribution is 5.96. The second kappa shape index (κ2) is 14.9. The van der Waals surface area contributed by atoms with Crippen molar-refractivity contribution in [1.29, 1.82) is 0 Å². The summed E-state index contributed by atoms with van der Waals surface area (Å²) < 4.78 is 64.9. The number of carbonyl (C=O) groups is 1. The minimum absolute atomic E-state index is 0.0170. The highest BCUT2D eigenvalue weighted by Gasteiger charge is 2.30. The highest BCUT2D eigenvalue weighted by Crippen LogP contribution is 2.32. The third-order valence-corrected chi connectivity index (χ3v) is 4.28. The van der Waals surface area contributed by atoms with E-state index in [-0.39, 0.29) is 24.5 Å². The van der Waals surface area contributed by atoms with E-state index in [2.05, 4.69) is 11.9 Å². The quantitative estimate of drug-likeness (QED) is 0.209. The van der Waals surface area contributed by atoms with Crippen LogP contribution in [0.3, 0.4) is 0 Å². The van der Waals surface area contributed by atoms with E-state index in [0.717, 1.165) is 12.1 Å². The van der Waals surface area contributed by atoms with Crippen molar-refractivity contribution in [3.05, 3.63) is 72.5 Å². The maximum atomic E-state index is 12.9. The van der Waals surface area contributed by atoms with Crippen LogP contribution >= 0.6 is 0 Å². The highest BCUT2D eigenvalue weighted by atomic mass is 19.4. The Morgan fingerprint density at radius 1 is 0.853 bits per heavy atom. The lowest BCUT2D eigenvalue weighted by atomic mass is 10.1. The van der Waals surface area contributed by atoms with Gasteiger partial charge < -0.3 is 29.0 Å². The van der Waals surface area contributed by atoms with Gasteiger partial charge in [-0.3, -0.25) is 0 Å². The van der Waals surface area contributed by atoms with E-state index in [4.69, 9.17) is 23.7 Å². The lowest BCUT2D eigenvalue weighted by Gasteiger charge is -2.13. The molecule has 0 fully saturated rings. The number of esters is 1. The van der Waals surface area contributed by atoms with Gasteiger partial charge in [-0.15, -0.1) is 0 Å². The summed E-state index contributed by atoms with van der Waals surface area (Å²) in [6.07, 6.45) is -3.11. The molecular weight excluding hydrogens is 455 g/mol. The molecule has 0 aromatic heterocycles. The zero-order chi connectivity index (χ0) is 24.7. The van der Waals surface area contributed by atoms with Crippen LogP contribution in [0.4, 0.5) is 24.5 Å². The van der Waals surface area contributed by atoms with Gasteiger partial charge in [-0.2, -0.15) is 13.2 Å². The topological polar surface area (TPSA) is 75.2 Å². The lowest BCUT2D eigenvalue weighted by Crippen LogP contribution is -2.15. The monoisotopic (exact) mass is 483 g/mol. The molecule has 0 heterocycles. The van der Waals surface area contributed by atoms with Crippen LogP contribution in [0.15, 0.2) is 61.4 Å². The van der Waals surface area contributed by atoms with Gasteiger partial charge in [0.25, 0.3) is 0 Å². The molecule has 186 valence electrons. The van der Waals surface area contributed by atoms with Gasteiger partial charge in [0.1, 0.15) is 13.2 Å². The summed E-state index contributed by atoms with van der Waals surface area (Å²) >= 11 is 0. The molecule has 0 spiro atoms. The normalized spacial score (nSPS) is 11.1. The summed E-state index contributed by atoms with van der Waals surface area (Å²) in [6, 6.07) is 11.1. The molecular formula is C24H28F3NO6. The van der Waals surface area contributed by atoms with Gasteiger partial charge in [0.2, 0.25) is 0 Å². The van der Waals surface area contributed by atoms with Gasteiger partial charge in [0, 0.05) is 5.69 Å². The number of ether oxygens (including phenoxy) is 5. The van der Waals surface area contributed by atoms with Gasteiger partial charge in [0.15, 0.2) is 0 Å². The molecule has 0 atom stereocenters. The van der Waals surface area contributed by atoms with E-state index in [1.165, 1.54) is 24.5 Å². The first-order valence-corrected chi connectivity index (χ1v) is 10.6. The molecule has 0 saturated carbocycles. The molecule has 2 rings (SSSR count). The van der Waals surface area contributed by atoms with Crippen molar-refractivity contribution in [2.75, 3.05) is 58.2 Å². The van der Waals surface area contributed by atoms with Crippen LogP contribution in [0, 0.1) is 0 Å². The fourth-order valence-corrected chi connectivity index (χ4v) is 2.70. The van der Waals surface area contributed by atoms with Gasteiger partial charge >= 0.3 is 12.1 Å². The predicted molar refractivity (Wildman–Crippen MR) is 120 cm³/mol. The van der Waals surface area contributed by atoms with Crippen LogP contribution in [-0.4, -0.2) is 58.8 Å². The number of nitrogens with one attached hydrogen (secondary N) is 1. The molecule has 1 N–H and O–H groups in total. The van der Waals surface area contributed by atoms with Crippen molar-refractivity contribution >= 4 is 17.3 Å². The molecule has 0 saturated heterocycles. The molecule has 0 aliphatic carbocycles. The van der Waals surface area contributed by atoms with Crippen molar-refractivity contribution in [2.24, 2.45) is 0 Å². The molecule has 10 heteroatoms. The SMILES string of the molecule is C=COCCOCCOCCOCCOC(=O)c1ccccc1Nc1cccc(C(F)(F)F)c1. The summed E-state index contributed by atoms with van der Waals surface area (Å²) in [7, 11) is 0. The molecule has 0 unspecified atom stereocenters. The Kier molecular flexibility index (Phi) is 11.9. The number of hydrogen-bond acceptors (Lipinski definition) is 7. The van der Waals surface area contributed by atoms with Crippen LogP contribution in [0.25, 0.3) is 0 Å². The van der Waals surface area contributed by atoms with E-state index in [0.29, 0.717) is 45.3 Å². The summed E-state index contributed by atoms with van der Waals surface area (Å²) in [6.45, 7) is 6.06. The molecule has 2 aromatic rings. The second-order valence-electron chi connectivity index (χ2n) is 6.76. The molecule has 0 aliphatic rings. The number of halogens is 3. The third-order valence-electron chi connectivity index (χ3n) is 4.28. The third kappa shape index (κ3) is 10.2. The number of para-hydroxylation sites is 1. The van der Waals surface area contributed by atoms with Gasteiger partial charge in [0.05, 0.1) is 62.7 Å². The second-order valence-corrected chi connectivity index (χ2v) is 6.76. The number of benzene rings is 2. The van der Waals surface area contributed by atoms with Crippen LogP contribution in [0.5, 0.6) is 0 Å². The summed E-state index contributed by atoms with van der Waals surface area (Å²) in [5.74, 6) is -0.618. The predicted octanol–water partition coefficient (Wildman–Crippen LogP) is 4.82. The van der Waals surface area contributed by atoms with E-state index >= 15 is 0 Å². The van der Waals surface area contributed by atoms with Crippen molar-refractivity contribution in [3.8, 4) is 0 Å². The van der Waals surface area contributed by atoms with Gasteiger partial charge in [-0.1, -0.05) is 24.8 Å². The molecule has 34 heavy (non-hydrogen) atoms. The number of rotatable bonds is 16. The summed E-state index contributed by atoms with van der Waals surface area (Å²) in [4.78, 5) is 12.4. The van der Waals surface area contributed by atoms with Crippen LogP contribution in [0.2, 0.25) is 0 Å². The summed E-state index contributed by atoms with van der Waals surface area (Å²) in [5.41, 5.74) is -0.0561. The zero-order valence-electron chi connectivity index (χ0n) is 18.6. The standard InChI is InChI=1S/C24H28F3NO6/c1-2-30-10-11-31-12-13-32-14-15-33-16-17-34-23(29)21-8-3-4-9-22(21)28-20-7-5-6-19(18-20)24(25,26)27/h2-9,18,28H,1,10-17H2. The first-order chi connectivity index (χ1) is 16.4. The molecule has 0 amide bonds. The fraction of sp³-hybridized carbons (Fsp3) is 0.375. The van der Waals surface area contributed by atoms with Crippen molar-refractivity contribution < 1.29 is 41.7 Å². The van der Waals surface area contributed by atoms with Crippen molar-refractivity contribution in [1.82, 2.24) is 0 Å². The molecule has 7 nitrogen and oxygen atoms in total. The average molecular weight is 483 g/mol. The number of anilines is 2. The average Bonchev–Trinajstić information content (AvgIpc) is 2.82. The number of carbonyl (C=O) groups excluding carboxylic acids is 1. The largest absolute Gasteiger partial charge is 0.499 e. The number of hydrogen-bond donors (Lipinski definition) is 1. The Hall–Kier alpha value is -3.08.